The van der Waals surface area contributed by atoms with Gasteiger partial charge in [0.1, 0.15) is 5.60 Å². The molecule has 138 valence electrons. The van der Waals surface area contributed by atoms with Crippen molar-refractivity contribution in [3.63, 3.8) is 0 Å². The summed E-state index contributed by atoms with van der Waals surface area (Å²) in [5, 5.41) is 22.7. The molecule has 2 fully saturated rings. The van der Waals surface area contributed by atoms with Gasteiger partial charge in [0.2, 0.25) is 0 Å². The molecule has 0 bridgehead atoms. The summed E-state index contributed by atoms with van der Waals surface area (Å²) in [4.78, 5) is 2.29. The van der Waals surface area contributed by atoms with Crippen LogP contribution in [0.25, 0.3) is 0 Å². The summed E-state index contributed by atoms with van der Waals surface area (Å²) in [5.41, 5.74) is 1.66. The zero-order chi connectivity index (χ0) is 17.1. The number of rotatable bonds is 5. The lowest BCUT2D eigenvalue weighted by atomic mass is 9.95. The Bertz CT molecular complexity index is 584. The highest BCUT2D eigenvalue weighted by Crippen LogP contribution is 2.26. The minimum atomic E-state index is -0.913. The third-order valence-corrected chi connectivity index (χ3v) is 5.34. The van der Waals surface area contributed by atoms with Gasteiger partial charge in [-0.3, -0.25) is 0 Å². The van der Waals surface area contributed by atoms with Crippen LogP contribution in [0.15, 0.2) is 6.07 Å². The first kappa shape index (κ1) is 17.1. The summed E-state index contributed by atoms with van der Waals surface area (Å²) in [5.74, 6) is 1.59. The van der Waals surface area contributed by atoms with Crippen LogP contribution >= 0.6 is 0 Å². The summed E-state index contributed by atoms with van der Waals surface area (Å²) < 4.78 is 10.8. The molecule has 0 radical (unpaired) electrons. The van der Waals surface area contributed by atoms with Crippen molar-refractivity contribution in [1.82, 2.24) is 15.5 Å². The quantitative estimate of drug-likeness (QED) is 0.785. The van der Waals surface area contributed by atoms with Gasteiger partial charge in [0.25, 0.3) is 0 Å². The molecule has 2 aliphatic heterocycles. The lowest BCUT2D eigenvalue weighted by Gasteiger charge is -2.40. The zero-order valence-electron chi connectivity index (χ0n) is 14.7. The van der Waals surface area contributed by atoms with Crippen LogP contribution in [0, 0.1) is 5.92 Å². The molecule has 0 spiro atoms. The number of hydrogen-bond acceptors (Lipinski definition) is 7. The molecular weight excluding hydrogens is 320 g/mol. The first-order valence-corrected chi connectivity index (χ1v) is 9.41. The van der Waals surface area contributed by atoms with Gasteiger partial charge in [-0.1, -0.05) is 0 Å². The number of aromatic nitrogens is 2. The van der Waals surface area contributed by atoms with Crippen LogP contribution in [0.2, 0.25) is 0 Å². The highest BCUT2D eigenvalue weighted by atomic mass is 16.6. The summed E-state index contributed by atoms with van der Waals surface area (Å²) >= 11 is 0. The van der Waals surface area contributed by atoms with Crippen LogP contribution in [-0.2, 0) is 22.3 Å². The van der Waals surface area contributed by atoms with Gasteiger partial charge in [-0.15, -0.1) is 5.10 Å². The number of nitrogens with zero attached hydrogens (tertiary/aromatic N) is 3. The first-order chi connectivity index (χ1) is 12.2. The second kappa shape index (κ2) is 7.53. The Balaban J connectivity index is 1.21. The molecule has 7 nitrogen and oxygen atoms in total. The molecule has 0 saturated carbocycles. The lowest BCUT2D eigenvalue weighted by Crippen LogP contribution is -2.54. The minimum Gasteiger partial charge on any atom is -0.384 e. The molecule has 1 aromatic rings. The molecule has 4 rings (SSSR count). The molecule has 0 atom stereocenters. The molecule has 1 aliphatic carbocycles. The van der Waals surface area contributed by atoms with E-state index in [4.69, 9.17) is 9.47 Å². The number of hydrogen-bond donors (Lipinski definition) is 2. The fourth-order valence-corrected chi connectivity index (χ4v) is 3.81. The van der Waals surface area contributed by atoms with Gasteiger partial charge in [0, 0.05) is 32.1 Å². The average molecular weight is 348 g/mol. The molecule has 1 aromatic heterocycles. The van der Waals surface area contributed by atoms with Gasteiger partial charge >= 0.3 is 0 Å². The lowest BCUT2D eigenvalue weighted by molar-refractivity contribution is -0.0534. The maximum Gasteiger partial charge on any atom is 0.151 e. The second-order valence-electron chi connectivity index (χ2n) is 7.61. The number of anilines is 1. The van der Waals surface area contributed by atoms with Crippen LogP contribution in [0.4, 0.5) is 5.82 Å². The van der Waals surface area contributed by atoms with E-state index in [0.29, 0.717) is 38.9 Å². The topological polar surface area (TPSA) is 79.7 Å². The number of aliphatic hydroxyl groups is 1. The Kier molecular flexibility index (Phi) is 5.17. The third kappa shape index (κ3) is 4.11. The molecule has 2 N–H and O–H groups in total. The average Bonchev–Trinajstić information content (AvgIpc) is 2.81. The number of fused-ring (bicyclic) bond motifs is 1. The molecule has 25 heavy (non-hydrogen) atoms. The Morgan fingerprint density at radius 2 is 1.92 bits per heavy atom. The normalized spacial score (nSPS) is 23.6. The molecule has 7 heteroatoms. The Hall–Kier alpha value is -1.28. The van der Waals surface area contributed by atoms with E-state index in [1.807, 2.05) is 0 Å². The maximum absolute atomic E-state index is 10.5. The van der Waals surface area contributed by atoms with Crippen LogP contribution in [0.5, 0.6) is 0 Å². The predicted octanol–water partition coefficient (Wildman–Crippen LogP) is 0.159. The molecule has 2 saturated heterocycles. The van der Waals surface area contributed by atoms with Crippen LogP contribution in [0.3, 0.4) is 0 Å². The van der Waals surface area contributed by atoms with E-state index in [0.717, 1.165) is 38.3 Å². The summed E-state index contributed by atoms with van der Waals surface area (Å²) in [6.07, 6.45) is 4.72. The number of nitrogens with one attached hydrogen (secondary N) is 1. The summed E-state index contributed by atoms with van der Waals surface area (Å²) in [6, 6.07) is 2.23. The predicted molar refractivity (Wildman–Crippen MR) is 93.8 cm³/mol. The summed E-state index contributed by atoms with van der Waals surface area (Å²) in [7, 11) is 0. The second-order valence-corrected chi connectivity index (χ2v) is 7.61. The molecule has 0 amide bonds. The van der Waals surface area contributed by atoms with Crippen molar-refractivity contribution in [1.29, 1.82) is 0 Å². The Morgan fingerprint density at radius 3 is 2.72 bits per heavy atom. The van der Waals surface area contributed by atoms with Gasteiger partial charge in [-0.2, -0.15) is 5.10 Å². The Labute approximate surface area is 148 Å². The van der Waals surface area contributed by atoms with Crippen LogP contribution in [-0.4, -0.2) is 73.5 Å². The van der Waals surface area contributed by atoms with Crippen molar-refractivity contribution in [3.05, 3.63) is 17.3 Å². The summed E-state index contributed by atoms with van der Waals surface area (Å²) in [6.45, 7) is 5.16. The van der Waals surface area contributed by atoms with Crippen molar-refractivity contribution in [2.24, 2.45) is 5.92 Å². The number of aryl methyl sites for hydroxylation is 2. The zero-order valence-corrected chi connectivity index (χ0v) is 14.7. The highest BCUT2D eigenvalue weighted by molar-refractivity contribution is 5.44. The van der Waals surface area contributed by atoms with E-state index in [-0.39, 0.29) is 0 Å². The van der Waals surface area contributed by atoms with Gasteiger partial charge in [0.15, 0.2) is 5.82 Å². The van der Waals surface area contributed by atoms with Crippen LogP contribution in [0.1, 0.15) is 24.1 Å². The van der Waals surface area contributed by atoms with Crippen LogP contribution < -0.4 is 10.2 Å². The standard InChI is InChI=1S/C18H28N4O3/c23-18(12-24-5-6-25-13-18)11-19-8-14-9-22(10-14)17-7-15-3-1-2-4-16(15)20-21-17/h7,14,19,23H,1-6,8-13H2. The highest BCUT2D eigenvalue weighted by Gasteiger charge is 2.32. The van der Waals surface area contributed by atoms with E-state index < -0.39 is 5.60 Å². The fraction of sp³-hybridized carbons (Fsp3) is 0.778. The van der Waals surface area contributed by atoms with Crippen molar-refractivity contribution in [2.75, 3.05) is 57.5 Å². The van der Waals surface area contributed by atoms with Gasteiger partial charge in [0.05, 0.1) is 32.1 Å². The largest absolute Gasteiger partial charge is 0.384 e. The molecule has 0 unspecified atom stereocenters. The van der Waals surface area contributed by atoms with Gasteiger partial charge in [-0.25, -0.2) is 0 Å². The first-order valence-electron chi connectivity index (χ1n) is 9.41. The minimum absolute atomic E-state index is 0.335. The monoisotopic (exact) mass is 348 g/mol. The Morgan fingerprint density at radius 1 is 1.16 bits per heavy atom. The van der Waals surface area contributed by atoms with Crippen molar-refractivity contribution >= 4 is 5.82 Å². The SMILES string of the molecule is OC1(CNCC2CN(c3cc4c(nn3)CCCC4)C2)COCCOC1. The molecule has 3 heterocycles. The van der Waals surface area contributed by atoms with Gasteiger partial charge in [-0.05, 0) is 37.3 Å². The van der Waals surface area contributed by atoms with E-state index in [1.54, 1.807) is 0 Å². The van der Waals surface area contributed by atoms with Gasteiger partial charge < -0.3 is 24.8 Å². The maximum atomic E-state index is 10.5. The van der Waals surface area contributed by atoms with Crippen molar-refractivity contribution in [3.8, 4) is 0 Å². The molecule has 3 aliphatic rings. The fourth-order valence-electron chi connectivity index (χ4n) is 3.81. The molecular formula is C18H28N4O3. The smallest absolute Gasteiger partial charge is 0.151 e. The number of ether oxygens (including phenoxy) is 2. The van der Waals surface area contributed by atoms with Crippen molar-refractivity contribution in [2.45, 2.75) is 31.3 Å². The van der Waals surface area contributed by atoms with Crippen molar-refractivity contribution < 1.29 is 14.6 Å². The van der Waals surface area contributed by atoms with E-state index >= 15 is 0 Å². The van der Waals surface area contributed by atoms with E-state index in [9.17, 15) is 5.11 Å². The van der Waals surface area contributed by atoms with E-state index in [1.165, 1.54) is 24.1 Å². The third-order valence-electron chi connectivity index (χ3n) is 5.34. The molecule has 0 aromatic carbocycles. The van der Waals surface area contributed by atoms with E-state index in [2.05, 4.69) is 26.5 Å².